The van der Waals surface area contributed by atoms with E-state index in [4.69, 9.17) is 5.73 Å². The Labute approximate surface area is 114 Å². The number of hydrogen-bond donors (Lipinski definition) is 2. The van der Waals surface area contributed by atoms with Crippen LogP contribution in [-0.4, -0.2) is 41.5 Å². The lowest BCUT2D eigenvalue weighted by Gasteiger charge is -2.32. The number of likely N-dealkylation sites (tertiary alicyclic amines) is 1. The van der Waals surface area contributed by atoms with Crippen LogP contribution < -0.4 is 11.1 Å². The van der Waals surface area contributed by atoms with Gasteiger partial charge in [0.15, 0.2) is 0 Å². The molecule has 0 radical (unpaired) electrons. The van der Waals surface area contributed by atoms with Crippen LogP contribution >= 0.6 is 0 Å². The second-order valence-electron chi connectivity index (χ2n) is 5.12. The molecule has 19 heavy (non-hydrogen) atoms. The molecule has 0 aromatic carbocycles. The predicted octanol–water partition coefficient (Wildman–Crippen LogP) is 1.27. The van der Waals surface area contributed by atoms with Gasteiger partial charge in [0.25, 0.3) is 5.91 Å². The third kappa shape index (κ3) is 3.67. The van der Waals surface area contributed by atoms with E-state index in [0.29, 0.717) is 23.8 Å². The first-order valence-electron chi connectivity index (χ1n) is 6.90. The van der Waals surface area contributed by atoms with Gasteiger partial charge in [-0.2, -0.15) is 0 Å². The molecule has 2 heterocycles. The summed E-state index contributed by atoms with van der Waals surface area (Å²) in [5, 5.41) is 2.95. The van der Waals surface area contributed by atoms with Crippen molar-refractivity contribution < 1.29 is 4.79 Å². The number of rotatable bonds is 4. The Balaban J connectivity index is 1.84. The highest BCUT2D eigenvalue weighted by Gasteiger charge is 2.17. The van der Waals surface area contributed by atoms with Gasteiger partial charge in [-0.3, -0.25) is 14.7 Å². The molecule has 0 aliphatic carbocycles. The van der Waals surface area contributed by atoms with Gasteiger partial charge >= 0.3 is 0 Å². The maximum absolute atomic E-state index is 12.0. The number of carbonyl (C=O) groups is 1. The number of nitrogen functional groups attached to an aromatic ring is 1. The molecule has 1 saturated heterocycles. The van der Waals surface area contributed by atoms with Crippen LogP contribution in [0.5, 0.6) is 0 Å². The standard InChI is InChI=1S/C14H22N4O/c1-11(18-7-3-2-4-8-18)9-17-14(19)12-5-6-16-10-13(12)15/h5-6,10-11H,2-4,7-9,15H2,1H3,(H,17,19). The molecule has 1 atom stereocenters. The van der Waals surface area contributed by atoms with E-state index >= 15 is 0 Å². The molecule has 1 aliphatic heterocycles. The van der Waals surface area contributed by atoms with E-state index in [-0.39, 0.29) is 5.91 Å². The van der Waals surface area contributed by atoms with Crippen molar-refractivity contribution in [2.24, 2.45) is 0 Å². The molecular formula is C14H22N4O. The fraction of sp³-hybridized carbons (Fsp3) is 0.571. The molecule has 5 nitrogen and oxygen atoms in total. The summed E-state index contributed by atoms with van der Waals surface area (Å²) in [7, 11) is 0. The van der Waals surface area contributed by atoms with E-state index in [1.165, 1.54) is 25.5 Å². The summed E-state index contributed by atoms with van der Waals surface area (Å²) < 4.78 is 0. The fourth-order valence-electron chi connectivity index (χ4n) is 2.44. The highest BCUT2D eigenvalue weighted by Crippen LogP contribution is 2.12. The van der Waals surface area contributed by atoms with E-state index in [1.54, 1.807) is 12.3 Å². The van der Waals surface area contributed by atoms with E-state index in [2.05, 4.69) is 22.1 Å². The second kappa shape index (κ2) is 6.52. The smallest absolute Gasteiger partial charge is 0.253 e. The monoisotopic (exact) mass is 262 g/mol. The number of aromatic nitrogens is 1. The molecule has 1 aromatic rings. The van der Waals surface area contributed by atoms with E-state index in [9.17, 15) is 4.79 Å². The zero-order valence-electron chi connectivity index (χ0n) is 11.4. The average molecular weight is 262 g/mol. The third-order valence-corrected chi connectivity index (χ3v) is 3.67. The first-order chi connectivity index (χ1) is 9.18. The van der Waals surface area contributed by atoms with Crippen molar-refractivity contribution in [2.45, 2.75) is 32.2 Å². The van der Waals surface area contributed by atoms with Gasteiger partial charge in [-0.25, -0.2) is 0 Å². The summed E-state index contributed by atoms with van der Waals surface area (Å²) in [5.41, 5.74) is 6.66. The SMILES string of the molecule is CC(CNC(=O)c1ccncc1N)N1CCCCC1. The van der Waals surface area contributed by atoms with Crippen molar-refractivity contribution in [3.8, 4) is 0 Å². The number of anilines is 1. The van der Waals surface area contributed by atoms with Gasteiger partial charge in [-0.1, -0.05) is 6.42 Å². The lowest BCUT2D eigenvalue weighted by molar-refractivity contribution is 0.0931. The molecule has 1 aromatic heterocycles. The number of hydrogen-bond acceptors (Lipinski definition) is 4. The summed E-state index contributed by atoms with van der Waals surface area (Å²) in [6, 6.07) is 2.02. The molecule has 0 spiro atoms. The number of nitrogens with two attached hydrogens (primary N) is 1. The first-order valence-corrected chi connectivity index (χ1v) is 6.90. The quantitative estimate of drug-likeness (QED) is 0.857. The van der Waals surface area contributed by atoms with Gasteiger partial charge in [-0.05, 0) is 38.9 Å². The van der Waals surface area contributed by atoms with Crippen LogP contribution in [0.4, 0.5) is 5.69 Å². The molecule has 3 N–H and O–H groups in total. The Morgan fingerprint density at radius 2 is 2.21 bits per heavy atom. The van der Waals surface area contributed by atoms with Crippen molar-refractivity contribution in [1.29, 1.82) is 0 Å². The maximum atomic E-state index is 12.0. The van der Waals surface area contributed by atoms with Gasteiger partial charge in [-0.15, -0.1) is 0 Å². The van der Waals surface area contributed by atoms with Gasteiger partial charge in [0.2, 0.25) is 0 Å². The molecule has 2 rings (SSSR count). The Kier molecular flexibility index (Phi) is 4.74. The van der Waals surface area contributed by atoms with Gasteiger partial charge in [0, 0.05) is 18.8 Å². The molecule has 0 bridgehead atoms. The predicted molar refractivity (Wildman–Crippen MR) is 75.9 cm³/mol. The Hall–Kier alpha value is -1.62. The number of carbonyl (C=O) groups excluding carboxylic acids is 1. The van der Waals surface area contributed by atoms with Gasteiger partial charge < -0.3 is 11.1 Å². The minimum atomic E-state index is -0.122. The van der Waals surface area contributed by atoms with Crippen molar-refractivity contribution in [3.05, 3.63) is 24.0 Å². The van der Waals surface area contributed by atoms with Crippen LogP contribution in [-0.2, 0) is 0 Å². The summed E-state index contributed by atoms with van der Waals surface area (Å²) in [6.07, 6.45) is 6.93. The lowest BCUT2D eigenvalue weighted by Crippen LogP contribution is -2.44. The summed E-state index contributed by atoms with van der Waals surface area (Å²) in [4.78, 5) is 18.3. The minimum Gasteiger partial charge on any atom is -0.397 e. The van der Waals surface area contributed by atoms with Crippen LogP contribution in [0.25, 0.3) is 0 Å². The van der Waals surface area contributed by atoms with Crippen molar-refractivity contribution >= 4 is 11.6 Å². The van der Waals surface area contributed by atoms with Crippen LogP contribution in [0, 0.1) is 0 Å². The molecule has 1 amide bonds. The van der Waals surface area contributed by atoms with Crippen molar-refractivity contribution in [2.75, 3.05) is 25.4 Å². The van der Waals surface area contributed by atoms with Crippen molar-refractivity contribution in [1.82, 2.24) is 15.2 Å². The second-order valence-corrected chi connectivity index (χ2v) is 5.12. The number of nitrogens with one attached hydrogen (secondary N) is 1. The van der Waals surface area contributed by atoms with Crippen LogP contribution in [0.2, 0.25) is 0 Å². The number of amides is 1. The minimum absolute atomic E-state index is 0.122. The first kappa shape index (κ1) is 13.8. The number of nitrogens with zero attached hydrogens (tertiary/aromatic N) is 2. The summed E-state index contributed by atoms with van der Waals surface area (Å²) in [5.74, 6) is -0.122. The molecule has 1 aliphatic rings. The zero-order valence-corrected chi connectivity index (χ0v) is 11.4. The van der Waals surface area contributed by atoms with Gasteiger partial charge in [0.05, 0.1) is 17.4 Å². The number of piperidine rings is 1. The molecule has 1 fully saturated rings. The topological polar surface area (TPSA) is 71.2 Å². The normalized spacial score (nSPS) is 17.9. The Bertz CT molecular complexity index is 429. The molecule has 0 saturated carbocycles. The summed E-state index contributed by atoms with van der Waals surface area (Å²) >= 11 is 0. The molecule has 104 valence electrons. The Morgan fingerprint density at radius 3 is 2.89 bits per heavy atom. The van der Waals surface area contributed by atoms with E-state index in [1.807, 2.05) is 0 Å². The van der Waals surface area contributed by atoms with E-state index < -0.39 is 0 Å². The molecule has 5 heteroatoms. The van der Waals surface area contributed by atoms with Crippen LogP contribution in [0.1, 0.15) is 36.5 Å². The largest absolute Gasteiger partial charge is 0.397 e. The fourth-order valence-corrected chi connectivity index (χ4v) is 2.44. The molecular weight excluding hydrogens is 240 g/mol. The van der Waals surface area contributed by atoms with E-state index in [0.717, 1.165) is 13.1 Å². The third-order valence-electron chi connectivity index (χ3n) is 3.67. The highest BCUT2D eigenvalue weighted by atomic mass is 16.1. The van der Waals surface area contributed by atoms with Crippen LogP contribution in [0.3, 0.4) is 0 Å². The highest BCUT2D eigenvalue weighted by molar-refractivity contribution is 5.98. The summed E-state index contributed by atoms with van der Waals surface area (Å²) in [6.45, 7) is 5.07. The lowest BCUT2D eigenvalue weighted by atomic mass is 10.1. The zero-order chi connectivity index (χ0) is 13.7. The Morgan fingerprint density at radius 1 is 1.47 bits per heavy atom. The maximum Gasteiger partial charge on any atom is 0.253 e. The van der Waals surface area contributed by atoms with Crippen molar-refractivity contribution in [3.63, 3.8) is 0 Å². The van der Waals surface area contributed by atoms with Crippen LogP contribution in [0.15, 0.2) is 18.5 Å². The average Bonchev–Trinajstić information content (AvgIpc) is 2.46. The molecule has 1 unspecified atom stereocenters. The number of pyridine rings is 1. The van der Waals surface area contributed by atoms with Gasteiger partial charge in [0.1, 0.15) is 0 Å².